The molecule has 0 saturated carbocycles. The molecule has 4 nitrogen and oxygen atoms in total. The average Bonchev–Trinajstić information content (AvgIpc) is 2.45. The van der Waals surface area contributed by atoms with E-state index in [0.29, 0.717) is 21.4 Å². The van der Waals surface area contributed by atoms with Gasteiger partial charge in [-0.1, -0.05) is 41.4 Å². The van der Waals surface area contributed by atoms with E-state index in [0.717, 1.165) is 5.56 Å². The van der Waals surface area contributed by atoms with Crippen molar-refractivity contribution < 1.29 is 9.59 Å². The Morgan fingerprint density at radius 1 is 0.905 bits per heavy atom. The lowest BCUT2D eigenvalue weighted by atomic mass is 10.2. The van der Waals surface area contributed by atoms with Gasteiger partial charge in [0.1, 0.15) is 0 Å². The Hall–Kier alpha value is -2.04. The average molecular weight is 323 g/mol. The fourth-order valence-electron chi connectivity index (χ4n) is 1.65. The van der Waals surface area contributed by atoms with Crippen molar-refractivity contribution in [3.05, 3.63) is 58.1 Å². The van der Waals surface area contributed by atoms with Gasteiger partial charge >= 0.3 is 11.8 Å². The van der Waals surface area contributed by atoms with E-state index in [1.54, 1.807) is 49.4 Å². The second-order valence-electron chi connectivity index (χ2n) is 4.35. The van der Waals surface area contributed by atoms with Crippen LogP contribution in [0.25, 0.3) is 0 Å². The molecule has 0 radical (unpaired) electrons. The molecule has 0 spiro atoms. The molecule has 0 aromatic heterocycles. The van der Waals surface area contributed by atoms with Crippen LogP contribution in [0.1, 0.15) is 5.56 Å². The molecule has 0 atom stereocenters. The molecule has 21 heavy (non-hydrogen) atoms. The van der Waals surface area contributed by atoms with E-state index >= 15 is 0 Å². The van der Waals surface area contributed by atoms with Crippen LogP contribution in [0.2, 0.25) is 10.0 Å². The number of hydrogen-bond donors (Lipinski definition) is 2. The molecule has 0 aliphatic heterocycles. The molecule has 0 heterocycles. The third kappa shape index (κ3) is 3.97. The maximum atomic E-state index is 11.9. The summed E-state index contributed by atoms with van der Waals surface area (Å²) in [6.45, 7) is 1.80. The summed E-state index contributed by atoms with van der Waals surface area (Å²) < 4.78 is 0. The van der Waals surface area contributed by atoms with Crippen LogP contribution in [0.5, 0.6) is 0 Å². The first-order valence-corrected chi connectivity index (χ1v) is 6.86. The van der Waals surface area contributed by atoms with Crippen molar-refractivity contribution in [2.24, 2.45) is 0 Å². The van der Waals surface area contributed by atoms with Crippen LogP contribution in [-0.2, 0) is 9.59 Å². The molecule has 2 aromatic rings. The van der Waals surface area contributed by atoms with Crippen molar-refractivity contribution in [2.45, 2.75) is 6.92 Å². The summed E-state index contributed by atoms with van der Waals surface area (Å²) in [7, 11) is 0. The van der Waals surface area contributed by atoms with Gasteiger partial charge in [-0.2, -0.15) is 0 Å². The molecule has 6 heteroatoms. The number of amides is 2. The molecule has 0 aliphatic carbocycles. The minimum Gasteiger partial charge on any atom is -0.317 e. The van der Waals surface area contributed by atoms with E-state index in [1.807, 2.05) is 0 Å². The van der Waals surface area contributed by atoms with E-state index in [1.165, 1.54) is 0 Å². The molecular weight excluding hydrogens is 311 g/mol. The number of anilines is 2. The summed E-state index contributed by atoms with van der Waals surface area (Å²) in [5.74, 6) is -1.59. The first-order valence-electron chi connectivity index (χ1n) is 6.10. The second-order valence-corrected chi connectivity index (χ2v) is 5.19. The molecule has 0 fully saturated rings. The van der Waals surface area contributed by atoms with E-state index < -0.39 is 11.8 Å². The second kappa shape index (κ2) is 6.61. The van der Waals surface area contributed by atoms with Crippen LogP contribution in [0, 0.1) is 6.92 Å². The van der Waals surface area contributed by atoms with Gasteiger partial charge in [0.05, 0.1) is 10.7 Å². The number of halogens is 2. The number of benzene rings is 2. The zero-order chi connectivity index (χ0) is 15.4. The van der Waals surface area contributed by atoms with Crippen molar-refractivity contribution >= 4 is 46.4 Å². The van der Waals surface area contributed by atoms with Crippen LogP contribution < -0.4 is 10.6 Å². The maximum absolute atomic E-state index is 11.9. The van der Waals surface area contributed by atoms with Crippen LogP contribution in [-0.4, -0.2) is 11.8 Å². The van der Waals surface area contributed by atoms with E-state index in [-0.39, 0.29) is 0 Å². The SMILES string of the molecule is Cc1ccc(Cl)cc1NC(=O)C(=O)Nc1ccccc1Cl. The predicted octanol–water partition coefficient (Wildman–Crippen LogP) is 3.88. The topological polar surface area (TPSA) is 58.2 Å². The fourth-order valence-corrected chi connectivity index (χ4v) is 2.00. The van der Waals surface area contributed by atoms with Crippen molar-refractivity contribution in [3.63, 3.8) is 0 Å². The van der Waals surface area contributed by atoms with Gasteiger partial charge in [0.2, 0.25) is 0 Å². The monoisotopic (exact) mass is 322 g/mol. The van der Waals surface area contributed by atoms with Gasteiger partial charge in [0, 0.05) is 10.7 Å². The maximum Gasteiger partial charge on any atom is 0.314 e. The largest absolute Gasteiger partial charge is 0.317 e. The Labute approximate surface area is 132 Å². The minimum absolute atomic E-state index is 0.359. The van der Waals surface area contributed by atoms with Crippen LogP contribution in [0.4, 0.5) is 11.4 Å². The lowest BCUT2D eigenvalue weighted by molar-refractivity contribution is -0.133. The molecule has 2 rings (SSSR count). The van der Waals surface area contributed by atoms with Gasteiger partial charge in [-0.15, -0.1) is 0 Å². The predicted molar refractivity (Wildman–Crippen MR) is 84.9 cm³/mol. The number of hydrogen-bond acceptors (Lipinski definition) is 2. The molecule has 0 bridgehead atoms. The Morgan fingerprint density at radius 2 is 1.52 bits per heavy atom. The Balaban J connectivity index is 2.08. The standard InChI is InChI=1S/C15H12Cl2N2O2/c1-9-6-7-10(16)8-13(9)19-15(21)14(20)18-12-5-3-2-4-11(12)17/h2-8H,1H3,(H,18,20)(H,19,21). The number of nitrogens with one attached hydrogen (secondary N) is 2. The van der Waals surface area contributed by atoms with Gasteiger partial charge in [-0.05, 0) is 36.8 Å². The van der Waals surface area contributed by atoms with Crippen LogP contribution >= 0.6 is 23.2 Å². The highest BCUT2D eigenvalue weighted by Gasteiger charge is 2.16. The van der Waals surface area contributed by atoms with Gasteiger partial charge in [0.25, 0.3) is 0 Å². The molecule has 0 saturated heterocycles. The minimum atomic E-state index is -0.803. The number of aryl methyl sites for hydroxylation is 1. The summed E-state index contributed by atoms with van der Waals surface area (Å²) in [4.78, 5) is 23.7. The van der Waals surface area contributed by atoms with E-state index in [9.17, 15) is 9.59 Å². The van der Waals surface area contributed by atoms with Gasteiger partial charge < -0.3 is 10.6 Å². The number of carbonyl (C=O) groups excluding carboxylic acids is 2. The lowest BCUT2D eigenvalue weighted by Gasteiger charge is -2.09. The molecule has 0 aliphatic rings. The quantitative estimate of drug-likeness (QED) is 0.824. The van der Waals surface area contributed by atoms with Crippen molar-refractivity contribution in [2.75, 3.05) is 10.6 Å². The molecule has 0 unspecified atom stereocenters. The highest BCUT2D eigenvalue weighted by atomic mass is 35.5. The first kappa shape index (κ1) is 15.4. The molecule has 2 aromatic carbocycles. The number of para-hydroxylation sites is 1. The normalized spacial score (nSPS) is 10.0. The van der Waals surface area contributed by atoms with Crippen molar-refractivity contribution in [3.8, 4) is 0 Å². The van der Waals surface area contributed by atoms with Crippen LogP contribution in [0.15, 0.2) is 42.5 Å². The Morgan fingerprint density at radius 3 is 2.19 bits per heavy atom. The van der Waals surface area contributed by atoms with Gasteiger partial charge in [-0.3, -0.25) is 9.59 Å². The molecule has 108 valence electrons. The highest BCUT2D eigenvalue weighted by Crippen LogP contribution is 2.22. The van der Waals surface area contributed by atoms with E-state index in [2.05, 4.69) is 10.6 Å². The third-order valence-corrected chi connectivity index (χ3v) is 3.34. The summed E-state index contributed by atoms with van der Waals surface area (Å²) in [6, 6.07) is 11.7. The lowest BCUT2D eigenvalue weighted by Crippen LogP contribution is -2.29. The molecular formula is C15H12Cl2N2O2. The Kier molecular flexibility index (Phi) is 4.83. The summed E-state index contributed by atoms with van der Waals surface area (Å²) >= 11 is 11.8. The van der Waals surface area contributed by atoms with E-state index in [4.69, 9.17) is 23.2 Å². The van der Waals surface area contributed by atoms with Crippen LogP contribution in [0.3, 0.4) is 0 Å². The molecule has 2 amide bonds. The zero-order valence-corrected chi connectivity index (χ0v) is 12.6. The molecule has 2 N–H and O–H groups in total. The third-order valence-electron chi connectivity index (χ3n) is 2.78. The Bertz CT molecular complexity index is 702. The smallest absolute Gasteiger partial charge is 0.314 e. The zero-order valence-electron chi connectivity index (χ0n) is 11.1. The van der Waals surface area contributed by atoms with Gasteiger partial charge in [0.15, 0.2) is 0 Å². The number of carbonyl (C=O) groups is 2. The highest BCUT2D eigenvalue weighted by molar-refractivity contribution is 6.45. The number of rotatable bonds is 2. The summed E-state index contributed by atoms with van der Waals surface area (Å²) in [5.41, 5.74) is 1.67. The fraction of sp³-hybridized carbons (Fsp3) is 0.0667. The van der Waals surface area contributed by atoms with Gasteiger partial charge in [-0.25, -0.2) is 0 Å². The van der Waals surface area contributed by atoms with Crippen molar-refractivity contribution in [1.82, 2.24) is 0 Å². The summed E-state index contributed by atoms with van der Waals surface area (Å²) in [6.07, 6.45) is 0. The summed E-state index contributed by atoms with van der Waals surface area (Å²) in [5, 5.41) is 5.79. The van der Waals surface area contributed by atoms with Crippen molar-refractivity contribution in [1.29, 1.82) is 0 Å². The first-order chi connectivity index (χ1) is 9.97.